The maximum atomic E-state index is 11.9. The number of carbonyl (C=O) groups excluding carboxylic acids is 2. The molecular weight excluding hydrogens is 344 g/mol. The van der Waals surface area contributed by atoms with E-state index in [4.69, 9.17) is 21.1 Å². The summed E-state index contributed by atoms with van der Waals surface area (Å²) >= 11 is 5.76. The maximum Gasteiger partial charge on any atom is 0.269 e. The van der Waals surface area contributed by atoms with Gasteiger partial charge in [0, 0.05) is 16.7 Å². The molecule has 0 bridgehead atoms. The highest BCUT2D eigenvalue weighted by Gasteiger charge is 2.06. The van der Waals surface area contributed by atoms with Crippen LogP contribution in [0.15, 0.2) is 48.5 Å². The smallest absolute Gasteiger partial charge is 0.269 e. The molecule has 0 aliphatic carbocycles. The summed E-state index contributed by atoms with van der Waals surface area (Å²) in [6, 6.07) is 11.5. The van der Waals surface area contributed by atoms with Crippen LogP contribution in [0.1, 0.15) is 15.9 Å². The van der Waals surface area contributed by atoms with Crippen LogP contribution in [0, 0.1) is 0 Å². The van der Waals surface area contributed by atoms with Crippen molar-refractivity contribution >= 4 is 29.5 Å². The summed E-state index contributed by atoms with van der Waals surface area (Å²) in [4.78, 5) is 23.7. The van der Waals surface area contributed by atoms with Gasteiger partial charge in [-0.3, -0.25) is 20.4 Å². The van der Waals surface area contributed by atoms with Crippen molar-refractivity contribution in [1.29, 1.82) is 0 Å². The van der Waals surface area contributed by atoms with Crippen LogP contribution < -0.4 is 20.3 Å². The van der Waals surface area contributed by atoms with Crippen molar-refractivity contribution in [2.24, 2.45) is 0 Å². The number of hydrazine groups is 1. The topological polar surface area (TPSA) is 76.7 Å². The van der Waals surface area contributed by atoms with Gasteiger partial charge in [-0.25, -0.2) is 0 Å². The van der Waals surface area contributed by atoms with Gasteiger partial charge in [0.05, 0.1) is 14.2 Å². The van der Waals surface area contributed by atoms with E-state index in [1.54, 1.807) is 55.7 Å². The molecule has 2 N–H and O–H groups in total. The fraction of sp³-hybridized carbons (Fsp3) is 0.111. The number of amides is 2. The molecule has 25 heavy (non-hydrogen) atoms. The van der Waals surface area contributed by atoms with Gasteiger partial charge in [-0.05, 0) is 48.0 Å². The lowest BCUT2D eigenvalue weighted by molar-refractivity contribution is -0.117. The van der Waals surface area contributed by atoms with Crippen LogP contribution in [0.25, 0.3) is 6.08 Å². The van der Waals surface area contributed by atoms with E-state index in [9.17, 15) is 9.59 Å². The lowest BCUT2D eigenvalue weighted by Gasteiger charge is -2.08. The number of halogens is 1. The highest BCUT2D eigenvalue weighted by molar-refractivity contribution is 6.30. The molecule has 7 heteroatoms. The van der Waals surface area contributed by atoms with E-state index in [2.05, 4.69) is 10.9 Å². The largest absolute Gasteiger partial charge is 0.493 e. The Hall–Kier alpha value is -2.99. The Kier molecular flexibility index (Phi) is 6.42. The number of hydrogen-bond acceptors (Lipinski definition) is 4. The molecule has 0 fully saturated rings. The molecule has 0 heterocycles. The normalized spacial score (nSPS) is 10.4. The molecule has 2 amide bonds. The molecule has 130 valence electrons. The summed E-state index contributed by atoms with van der Waals surface area (Å²) in [5.41, 5.74) is 5.75. The van der Waals surface area contributed by atoms with Crippen LogP contribution in [0.2, 0.25) is 5.02 Å². The van der Waals surface area contributed by atoms with Gasteiger partial charge in [0.25, 0.3) is 11.8 Å². The summed E-state index contributed by atoms with van der Waals surface area (Å²) in [7, 11) is 3.08. The van der Waals surface area contributed by atoms with Gasteiger partial charge >= 0.3 is 0 Å². The van der Waals surface area contributed by atoms with Gasteiger partial charge in [0.15, 0.2) is 11.5 Å². The standard InChI is InChI=1S/C18H17ClN2O4/c1-24-15-9-3-12(11-16(15)25-2)4-10-17(22)20-21-18(23)13-5-7-14(19)8-6-13/h3-11H,1-2H3,(H,20,22)(H,21,23)/b10-4+. The molecule has 0 atom stereocenters. The zero-order chi connectivity index (χ0) is 18.2. The highest BCUT2D eigenvalue weighted by Crippen LogP contribution is 2.27. The van der Waals surface area contributed by atoms with E-state index in [0.29, 0.717) is 22.1 Å². The van der Waals surface area contributed by atoms with Crippen LogP contribution >= 0.6 is 11.6 Å². The van der Waals surface area contributed by atoms with Crippen molar-refractivity contribution in [2.45, 2.75) is 0 Å². The Labute approximate surface area is 150 Å². The Balaban J connectivity index is 1.92. The number of ether oxygens (including phenoxy) is 2. The SMILES string of the molecule is COc1ccc(/C=C/C(=O)NNC(=O)c2ccc(Cl)cc2)cc1OC. The molecule has 0 radical (unpaired) electrons. The number of carbonyl (C=O) groups is 2. The third-order valence-electron chi connectivity index (χ3n) is 3.24. The monoisotopic (exact) mass is 360 g/mol. The van der Waals surface area contributed by atoms with Crippen molar-refractivity contribution in [3.8, 4) is 11.5 Å². The first-order valence-electron chi connectivity index (χ1n) is 7.29. The highest BCUT2D eigenvalue weighted by atomic mass is 35.5. The minimum absolute atomic E-state index is 0.383. The summed E-state index contributed by atoms with van der Waals surface area (Å²) in [5.74, 6) is 0.238. The molecule has 0 aliphatic rings. The average molecular weight is 361 g/mol. The summed E-state index contributed by atoms with van der Waals surface area (Å²) < 4.78 is 10.3. The Morgan fingerprint density at radius 1 is 0.960 bits per heavy atom. The molecule has 2 aromatic rings. The Morgan fingerprint density at radius 2 is 1.64 bits per heavy atom. The number of methoxy groups -OCH3 is 2. The van der Waals surface area contributed by atoms with Crippen molar-refractivity contribution in [2.75, 3.05) is 14.2 Å². The third-order valence-corrected chi connectivity index (χ3v) is 3.49. The molecule has 0 saturated heterocycles. The lowest BCUT2D eigenvalue weighted by Crippen LogP contribution is -2.40. The molecule has 0 unspecified atom stereocenters. The molecular formula is C18H17ClN2O4. The Morgan fingerprint density at radius 3 is 2.28 bits per heavy atom. The summed E-state index contributed by atoms with van der Waals surface area (Å²) in [6.07, 6.45) is 2.88. The van der Waals surface area contributed by atoms with Gasteiger partial charge in [-0.15, -0.1) is 0 Å². The first-order valence-corrected chi connectivity index (χ1v) is 7.67. The van der Waals surface area contributed by atoms with Gasteiger partial charge < -0.3 is 9.47 Å². The second-order valence-electron chi connectivity index (χ2n) is 4.90. The van der Waals surface area contributed by atoms with Crippen LogP contribution in [-0.2, 0) is 4.79 Å². The van der Waals surface area contributed by atoms with Crippen LogP contribution in [0.4, 0.5) is 0 Å². The van der Waals surface area contributed by atoms with E-state index < -0.39 is 11.8 Å². The third kappa shape index (κ3) is 5.26. The van der Waals surface area contributed by atoms with Crippen LogP contribution in [-0.4, -0.2) is 26.0 Å². The zero-order valence-electron chi connectivity index (χ0n) is 13.7. The van der Waals surface area contributed by atoms with E-state index >= 15 is 0 Å². The van der Waals surface area contributed by atoms with E-state index in [-0.39, 0.29) is 0 Å². The molecule has 0 spiro atoms. The number of nitrogens with one attached hydrogen (secondary N) is 2. The number of rotatable bonds is 5. The van der Waals surface area contributed by atoms with E-state index in [0.717, 1.165) is 5.56 Å². The van der Waals surface area contributed by atoms with E-state index in [1.807, 2.05) is 0 Å². The zero-order valence-corrected chi connectivity index (χ0v) is 14.5. The van der Waals surface area contributed by atoms with Gasteiger partial charge in [-0.2, -0.15) is 0 Å². The fourth-order valence-corrected chi connectivity index (χ4v) is 2.09. The average Bonchev–Trinajstić information content (AvgIpc) is 2.64. The molecule has 2 aromatic carbocycles. The second-order valence-corrected chi connectivity index (χ2v) is 5.33. The first kappa shape index (κ1) is 18.4. The second kappa shape index (κ2) is 8.75. The maximum absolute atomic E-state index is 11.9. The number of hydrogen-bond donors (Lipinski definition) is 2. The lowest BCUT2D eigenvalue weighted by atomic mass is 10.2. The number of benzene rings is 2. The van der Waals surface area contributed by atoms with Crippen molar-refractivity contribution in [1.82, 2.24) is 10.9 Å². The van der Waals surface area contributed by atoms with Crippen molar-refractivity contribution < 1.29 is 19.1 Å². The predicted molar refractivity (Wildman–Crippen MR) is 95.6 cm³/mol. The minimum atomic E-state index is -0.475. The molecule has 6 nitrogen and oxygen atoms in total. The Bertz CT molecular complexity index is 788. The predicted octanol–water partition coefficient (Wildman–Crippen LogP) is 2.83. The molecule has 2 rings (SSSR count). The van der Waals surface area contributed by atoms with Crippen LogP contribution in [0.5, 0.6) is 11.5 Å². The van der Waals surface area contributed by atoms with Crippen molar-refractivity contribution in [3.05, 3.63) is 64.7 Å². The van der Waals surface area contributed by atoms with Gasteiger partial charge in [-0.1, -0.05) is 17.7 Å². The van der Waals surface area contributed by atoms with Gasteiger partial charge in [0.2, 0.25) is 0 Å². The minimum Gasteiger partial charge on any atom is -0.493 e. The molecule has 0 aromatic heterocycles. The quantitative estimate of drug-likeness (QED) is 0.635. The molecule has 0 aliphatic heterocycles. The van der Waals surface area contributed by atoms with Gasteiger partial charge in [0.1, 0.15) is 0 Å². The van der Waals surface area contributed by atoms with Crippen molar-refractivity contribution in [3.63, 3.8) is 0 Å². The van der Waals surface area contributed by atoms with E-state index in [1.165, 1.54) is 13.2 Å². The first-order chi connectivity index (χ1) is 12.0. The molecule has 0 saturated carbocycles. The van der Waals surface area contributed by atoms with Crippen LogP contribution in [0.3, 0.4) is 0 Å². The summed E-state index contributed by atoms with van der Waals surface area (Å²) in [5, 5.41) is 0.526. The fourth-order valence-electron chi connectivity index (χ4n) is 1.96. The summed E-state index contributed by atoms with van der Waals surface area (Å²) in [6.45, 7) is 0.